The first-order valence-electron chi connectivity index (χ1n) is 8.31. The van der Waals surface area contributed by atoms with Gasteiger partial charge in [0.2, 0.25) is 0 Å². The van der Waals surface area contributed by atoms with Crippen molar-refractivity contribution >= 4 is 15.8 Å². The first-order chi connectivity index (χ1) is 11.9. The number of guanidine groups is 1. The molecule has 6 nitrogen and oxygen atoms in total. The molecule has 0 bridgehead atoms. The molecule has 0 unspecified atom stereocenters. The Kier molecular flexibility index (Phi) is 6.64. The molecular weight excluding hydrogens is 336 g/mol. The molecular formula is C18H26N4O2S. The highest BCUT2D eigenvalue weighted by atomic mass is 32.2. The van der Waals surface area contributed by atoms with Gasteiger partial charge in [-0.3, -0.25) is 4.99 Å². The van der Waals surface area contributed by atoms with E-state index in [0.29, 0.717) is 17.4 Å². The summed E-state index contributed by atoms with van der Waals surface area (Å²) in [6.45, 7) is 3.63. The van der Waals surface area contributed by atoms with Crippen LogP contribution in [0.5, 0.6) is 0 Å². The molecule has 0 saturated carbocycles. The number of sulfone groups is 1. The molecule has 25 heavy (non-hydrogen) atoms. The minimum absolute atomic E-state index is 0.0100. The van der Waals surface area contributed by atoms with E-state index in [4.69, 9.17) is 0 Å². The van der Waals surface area contributed by atoms with Crippen LogP contribution in [-0.2, 0) is 23.4 Å². The molecule has 0 fully saturated rings. The topological polar surface area (TPSA) is 66.7 Å². The molecule has 2 aromatic rings. The molecule has 1 aromatic carbocycles. The smallest absolute Gasteiger partial charge is 0.194 e. The zero-order chi connectivity index (χ0) is 18.3. The summed E-state index contributed by atoms with van der Waals surface area (Å²) >= 11 is 0. The van der Waals surface area contributed by atoms with Gasteiger partial charge in [-0.05, 0) is 31.2 Å². The van der Waals surface area contributed by atoms with Gasteiger partial charge < -0.3 is 14.8 Å². The van der Waals surface area contributed by atoms with Crippen molar-refractivity contribution in [3.8, 4) is 0 Å². The molecule has 0 saturated heterocycles. The third kappa shape index (κ3) is 5.35. The second-order valence-electron chi connectivity index (χ2n) is 5.83. The number of benzene rings is 1. The Bertz CT molecular complexity index is 797. The van der Waals surface area contributed by atoms with Crippen LogP contribution >= 0.6 is 0 Å². The van der Waals surface area contributed by atoms with Gasteiger partial charge in [0.25, 0.3) is 0 Å². The van der Waals surface area contributed by atoms with Gasteiger partial charge in [0.1, 0.15) is 0 Å². The molecule has 0 atom stereocenters. The van der Waals surface area contributed by atoms with Crippen molar-refractivity contribution in [1.29, 1.82) is 0 Å². The SMILES string of the molecule is CCNC(=NCCS(=O)(=O)c1ccccc1)N(C)Cc1cccn1C. The van der Waals surface area contributed by atoms with E-state index in [2.05, 4.69) is 20.9 Å². The summed E-state index contributed by atoms with van der Waals surface area (Å²) in [7, 11) is 0.634. The maximum absolute atomic E-state index is 12.3. The fourth-order valence-corrected chi connectivity index (χ4v) is 3.60. The average Bonchev–Trinajstić information content (AvgIpc) is 2.99. The Morgan fingerprint density at radius 3 is 2.52 bits per heavy atom. The monoisotopic (exact) mass is 362 g/mol. The lowest BCUT2D eigenvalue weighted by atomic mass is 10.4. The highest BCUT2D eigenvalue weighted by Gasteiger charge is 2.14. The van der Waals surface area contributed by atoms with E-state index >= 15 is 0 Å². The number of aliphatic imine (C=N–C) groups is 1. The Labute approximate surface area is 150 Å². The van der Waals surface area contributed by atoms with Crippen molar-refractivity contribution in [3.05, 3.63) is 54.4 Å². The summed E-state index contributed by atoms with van der Waals surface area (Å²) < 4.78 is 26.7. The number of hydrogen-bond acceptors (Lipinski definition) is 3. The van der Waals surface area contributed by atoms with Crippen molar-refractivity contribution in [2.75, 3.05) is 25.9 Å². The van der Waals surface area contributed by atoms with Crippen molar-refractivity contribution < 1.29 is 8.42 Å². The van der Waals surface area contributed by atoms with Crippen LogP contribution in [0, 0.1) is 0 Å². The lowest BCUT2D eigenvalue weighted by molar-refractivity contribution is 0.462. The molecule has 0 aliphatic carbocycles. The van der Waals surface area contributed by atoms with E-state index in [1.165, 1.54) is 0 Å². The second kappa shape index (κ2) is 8.71. The van der Waals surface area contributed by atoms with Crippen molar-refractivity contribution in [1.82, 2.24) is 14.8 Å². The number of aromatic nitrogens is 1. The minimum atomic E-state index is -3.31. The highest BCUT2D eigenvalue weighted by Crippen LogP contribution is 2.10. The molecule has 1 N–H and O–H groups in total. The first-order valence-corrected chi connectivity index (χ1v) is 9.96. The predicted octanol–water partition coefficient (Wildman–Crippen LogP) is 1.90. The Morgan fingerprint density at radius 1 is 1.20 bits per heavy atom. The van der Waals surface area contributed by atoms with Gasteiger partial charge in [0.05, 0.1) is 23.7 Å². The van der Waals surface area contributed by atoms with Crippen LogP contribution in [0.4, 0.5) is 0 Å². The quantitative estimate of drug-likeness (QED) is 0.603. The van der Waals surface area contributed by atoms with Crippen molar-refractivity contribution in [2.24, 2.45) is 12.0 Å². The summed E-state index contributed by atoms with van der Waals surface area (Å²) in [5, 5.41) is 3.21. The predicted molar refractivity (Wildman–Crippen MR) is 101 cm³/mol. The van der Waals surface area contributed by atoms with Crippen LogP contribution < -0.4 is 5.32 Å². The van der Waals surface area contributed by atoms with E-state index in [-0.39, 0.29) is 12.3 Å². The molecule has 7 heteroatoms. The lowest BCUT2D eigenvalue weighted by Gasteiger charge is -2.22. The van der Waals surface area contributed by atoms with Crippen LogP contribution in [0.15, 0.2) is 58.5 Å². The number of rotatable bonds is 7. The van der Waals surface area contributed by atoms with Gasteiger partial charge in [-0.15, -0.1) is 0 Å². The summed E-state index contributed by atoms with van der Waals surface area (Å²) in [5.41, 5.74) is 1.16. The van der Waals surface area contributed by atoms with Crippen LogP contribution in [0.3, 0.4) is 0 Å². The molecule has 1 aromatic heterocycles. The van der Waals surface area contributed by atoms with Crippen LogP contribution in [0.2, 0.25) is 0 Å². The number of aryl methyl sites for hydroxylation is 1. The Balaban J connectivity index is 2.03. The molecule has 0 radical (unpaired) electrons. The van der Waals surface area contributed by atoms with Gasteiger partial charge in [-0.2, -0.15) is 0 Å². The maximum Gasteiger partial charge on any atom is 0.194 e. The minimum Gasteiger partial charge on any atom is -0.357 e. The maximum atomic E-state index is 12.3. The number of nitrogens with one attached hydrogen (secondary N) is 1. The largest absolute Gasteiger partial charge is 0.357 e. The van der Waals surface area contributed by atoms with Crippen LogP contribution in [-0.4, -0.2) is 49.7 Å². The van der Waals surface area contributed by atoms with Gasteiger partial charge in [-0.1, -0.05) is 18.2 Å². The molecule has 0 amide bonds. The third-order valence-electron chi connectivity index (χ3n) is 3.87. The summed E-state index contributed by atoms with van der Waals surface area (Å²) in [4.78, 5) is 6.81. The van der Waals surface area contributed by atoms with Crippen LogP contribution in [0.1, 0.15) is 12.6 Å². The molecule has 1 heterocycles. The Hall–Kier alpha value is -2.28. The zero-order valence-electron chi connectivity index (χ0n) is 15.0. The van der Waals surface area contributed by atoms with E-state index < -0.39 is 9.84 Å². The van der Waals surface area contributed by atoms with Crippen LogP contribution in [0.25, 0.3) is 0 Å². The van der Waals surface area contributed by atoms with E-state index in [0.717, 1.165) is 12.2 Å². The summed E-state index contributed by atoms with van der Waals surface area (Å²) in [5.74, 6) is 0.691. The second-order valence-corrected chi connectivity index (χ2v) is 7.94. The summed E-state index contributed by atoms with van der Waals surface area (Å²) in [6, 6.07) is 12.6. The van der Waals surface area contributed by atoms with E-state index in [1.807, 2.05) is 38.2 Å². The fourth-order valence-electron chi connectivity index (χ4n) is 2.47. The number of hydrogen-bond donors (Lipinski definition) is 1. The van der Waals surface area contributed by atoms with E-state index in [9.17, 15) is 8.42 Å². The third-order valence-corrected chi connectivity index (χ3v) is 5.58. The first kappa shape index (κ1) is 19.1. The molecule has 2 rings (SSSR count). The number of nitrogens with zero attached hydrogens (tertiary/aromatic N) is 3. The normalized spacial score (nSPS) is 12.2. The summed E-state index contributed by atoms with van der Waals surface area (Å²) in [6.07, 6.45) is 2.00. The molecule has 0 spiro atoms. The highest BCUT2D eigenvalue weighted by molar-refractivity contribution is 7.91. The van der Waals surface area contributed by atoms with Gasteiger partial charge >= 0.3 is 0 Å². The molecule has 0 aliphatic rings. The van der Waals surface area contributed by atoms with Gasteiger partial charge in [0.15, 0.2) is 15.8 Å². The molecule has 136 valence electrons. The van der Waals surface area contributed by atoms with Gasteiger partial charge in [0, 0.05) is 32.5 Å². The fraction of sp³-hybridized carbons (Fsp3) is 0.389. The van der Waals surface area contributed by atoms with Crippen molar-refractivity contribution in [3.63, 3.8) is 0 Å². The van der Waals surface area contributed by atoms with E-state index in [1.54, 1.807) is 30.3 Å². The lowest BCUT2D eigenvalue weighted by Crippen LogP contribution is -2.39. The molecule has 0 aliphatic heterocycles. The standard InChI is InChI=1S/C18H26N4O2S/c1-4-19-18(22(3)15-16-9-8-13-21(16)2)20-12-14-25(23,24)17-10-6-5-7-11-17/h5-11,13H,4,12,14-15H2,1-3H3,(H,19,20). The van der Waals surface area contributed by atoms with Gasteiger partial charge in [-0.25, -0.2) is 8.42 Å². The average molecular weight is 362 g/mol. The van der Waals surface area contributed by atoms with Crippen molar-refractivity contribution in [2.45, 2.75) is 18.4 Å². The Morgan fingerprint density at radius 2 is 1.92 bits per heavy atom. The zero-order valence-corrected chi connectivity index (χ0v) is 15.8.